The molecule has 4 unspecified atom stereocenters. The van der Waals surface area contributed by atoms with Crippen LogP contribution in [-0.2, 0) is 11.3 Å². The fraction of sp³-hybridized carbons (Fsp3) is 0.650. The van der Waals surface area contributed by atoms with Gasteiger partial charge in [0.05, 0.1) is 4.34 Å². The lowest BCUT2D eigenvalue weighted by Gasteiger charge is -2.36. The molecule has 3 aliphatic rings. The van der Waals surface area contributed by atoms with Gasteiger partial charge in [0.2, 0.25) is 5.91 Å². The fourth-order valence-electron chi connectivity index (χ4n) is 4.73. The molecular formula is C20H29ClN4OS2. The second-order valence-electron chi connectivity index (χ2n) is 7.81. The highest BCUT2D eigenvalue weighted by Crippen LogP contribution is 2.36. The van der Waals surface area contributed by atoms with Gasteiger partial charge >= 0.3 is 0 Å². The highest BCUT2D eigenvalue weighted by atomic mass is 35.5. The van der Waals surface area contributed by atoms with Crippen LogP contribution in [-0.4, -0.2) is 65.1 Å². The lowest BCUT2D eigenvalue weighted by molar-refractivity contribution is -0.134. The van der Waals surface area contributed by atoms with E-state index >= 15 is 0 Å². The molecule has 5 nitrogen and oxygen atoms in total. The molecule has 2 aliphatic heterocycles. The van der Waals surface area contributed by atoms with Gasteiger partial charge in [-0.2, -0.15) is 11.8 Å². The average Bonchev–Trinajstić information content (AvgIpc) is 3.30. The topological polar surface area (TPSA) is 47.6 Å². The molecule has 3 fully saturated rings. The SMILES string of the molecule is C=CCN1NC(C(=O)N2CCSCC2)C2CC(NCc3ccc(Cl)s3)CCC21. The molecule has 2 saturated heterocycles. The first kappa shape index (κ1) is 20.7. The maximum absolute atomic E-state index is 13.3. The molecule has 1 amide bonds. The summed E-state index contributed by atoms with van der Waals surface area (Å²) in [5, 5.41) is 5.96. The zero-order valence-electron chi connectivity index (χ0n) is 16.1. The standard InChI is InChI=1S/C20H29ClN4OS2/c1-2-7-25-17-5-3-14(22-13-15-4-6-18(21)28-15)12-16(17)19(23-25)20(26)24-8-10-27-11-9-24/h2,4,6,14,16-17,19,22-23H,1,3,5,7-13H2. The van der Waals surface area contributed by atoms with Gasteiger partial charge in [-0.15, -0.1) is 17.9 Å². The van der Waals surface area contributed by atoms with Crippen LogP contribution in [0.1, 0.15) is 24.1 Å². The first-order valence-corrected chi connectivity index (χ1v) is 12.5. The number of nitrogens with zero attached hydrogens (tertiary/aromatic N) is 2. The van der Waals surface area contributed by atoms with Gasteiger partial charge in [0, 0.05) is 60.6 Å². The number of hydrogen-bond donors (Lipinski definition) is 2. The summed E-state index contributed by atoms with van der Waals surface area (Å²) in [4.78, 5) is 16.6. The van der Waals surface area contributed by atoms with Crippen LogP contribution in [0.15, 0.2) is 24.8 Å². The second-order valence-corrected chi connectivity index (χ2v) is 10.8. The van der Waals surface area contributed by atoms with Gasteiger partial charge in [-0.1, -0.05) is 17.7 Å². The molecule has 154 valence electrons. The number of fused-ring (bicyclic) bond motifs is 1. The van der Waals surface area contributed by atoms with E-state index in [1.54, 1.807) is 11.3 Å². The maximum atomic E-state index is 13.3. The Hall–Kier alpha value is -0.570. The Morgan fingerprint density at radius 2 is 2.18 bits per heavy atom. The van der Waals surface area contributed by atoms with E-state index in [4.69, 9.17) is 11.6 Å². The minimum atomic E-state index is -0.103. The Balaban J connectivity index is 1.41. The van der Waals surface area contributed by atoms with Crippen LogP contribution < -0.4 is 10.7 Å². The Morgan fingerprint density at radius 1 is 1.36 bits per heavy atom. The summed E-state index contributed by atoms with van der Waals surface area (Å²) in [6.07, 6.45) is 5.20. The minimum absolute atomic E-state index is 0.103. The van der Waals surface area contributed by atoms with Crippen molar-refractivity contribution in [1.29, 1.82) is 0 Å². The predicted octanol–water partition coefficient (Wildman–Crippen LogP) is 2.98. The van der Waals surface area contributed by atoms with E-state index in [2.05, 4.69) is 33.3 Å². The smallest absolute Gasteiger partial charge is 0.241 e. The van der Waals surface area contributed by atoms with Crippen LogP contribution in [0.25, 0.3) is 0 Å². The van der Waals surface area contributed by atoms with E-state index < -0.39 is 0 Å². The summed E-state index contributed by atoms with van der Waals surface area (Å²) in [5.41, 5.74) is 3.55. The molecule has 2 N–H and O–H groups in total. The van der Waals surface area contributed by atoms with E-state index in [0.29, 0.717) is 18.0 Å². The van der Waals surface area contributed by atoms with Crippen molar-refractivity contribution in [2.75, 3.05) is 31.1 Å². The molecule has 0 bridgehead atoms. The number of thioether (sulfide) groups is 1. The normalized spacial score (nSPS) is 31.0. The lowest BCUT2D eigenvalue weighted by atomic mass is 9.78. The minimum Gasteiger partial charge on any atom is -0.340 e. The van der Waals surface area contributed by atoms with Gasteiger partial charge in [-0.05, 0) is 31.4 Å². The van der Waals surface area contributed by atoms with Crippen molar-refractivity contribution in [3.63, 3.8) is 0 Å². The molecule has 0 aromatic carbocycles. The van der Waals surface area contributed by atoms with E-state index in [0.717, 1.165) is 61.3 Å². The first-order chi connectivity index (χ1) is 13.7. The van der Waals surface area contributed by atoms with Crippen LogP contribution in [0.5, 0.6) is 0 Å². The quantitative estimate of drug-likeness (QED) is 0.666. The first-order valence-electron chi connectivity index (χ1n) is 10.1. The molecule has 1 saturated carbocycles. The van der Waals surface area contributed by atoms with Gasteiger partial charge in [0.25, 0.3) is 0 Å². The number of carbonyl (C=O) groups is 1. The Kier molecular flexibility index (Phi) is 7.02. The molecule has 3 heterocycles. The van der Waals surface area contributed by atoms with Crippen molar-refractivity contribution in [3.05, 3.63) is 34.0 Å². The summed E-state index contributed by atoms with van der Waals surface area (Å²) in [6.45, 7) is 7.29. The zero-order chi connectivity index (χ0) is 19.5. The third-order valence-electron chi connectivity index (χ3n) is 6.10. The molecule has 28 heavy (non-hydrogen) atoms. The van der Waals surface area contributed by atoms with Crippen LogP contribution >= 0.6 is 34.7 Å². The second kappa shape index (κ2) is 9.49. The molecule has 1 aliphatic carbocycles. The van der Waals surface area contributed by atoms with Gasteiger partial charge in [0.15, 0.2) is 0 Å². The summed E-state index contributed by atoms with van der Waals surface area (Å²) in [5.74, 6) is 2.74. The van der Waals surface area contributed by atoms with Crippen molar-refractivity contribution in [1.82, 2.24) is 20.7 Å². The highest BCUT2D eigenvalue weighted by Gasteiger charge is 2.48. The van der Waals surface area contributed by atoms with Crippen LogP contribution in [0, 0.1) is 5.92 Å². The molecule has 8 heteroatoms. The number of rotatable bonds is 6. The molecule has 1 aromatic rings. The van der Waals surface area contributed by atoms with Crippen molar-refractivity contribution < 1.29 is 4.79 Å². The Labute approximate surface area is 180 Å². The average molecular weight is 441 g/mol. The lowest BCUT2D eigenvalue weighted by Crippen LogP contribution is -2.51. The summed E-state index contributed by atoms with van der Waals surface area (Å²) in [6, 6.07) is 4.81. The van der Waals surface area contributed by atoms with Gasteiger partial charge in [0.1, 0.15) is 6.04 Å². The highest BCUT2D eigenvalue weighted by molar-refractivity contribution is 7.99. The van der Waals surface area contributed by atoms with Crippen LogP contribution in [0.2, 0.25) is 4.34 Å². The number of amides is 1. The third kappa shape index (κ3) is 4.60. The van der Waals surface area contributed by atoms with Crippen molar-refractivity contribution >= 4 is 40.6 Å². The number of nitrogens with one attached hydrogen (secondary N) is 2. The summed E-state index contributed by atoms with van der Waals surface area (Å²) >= 11 is 9.63. The van der Waals surface area contributed by atoms with Crippen molar-refractivity contribution in [3.8, 4) is 0 Å². The molecular weight excluding hydrogens is 412 g/mol. The molecule has 0 radical (unpaired) electrons. The molecule has 4 rings (SSSR count). The Morgan fingerprint density at radius 3 is 2.89 bits per heavy atom. The predicted molar refractivity (Wildman–Crippen MR) is 119 cm³/mol. The molecule has 4 atom stereocenters. The zero-order valence-corrected chi connectivity index (χ0v) is 18.5. The molecule has 1 aromatic heterocycles. The third-order valence-corrected chi connectivity index (χ3v) is 8.28. The van der Waals surface area contributed by atoms with E-state index in [1.165, 1.54) is 4.88 Å². The maximum Gasteiger partial charge on any atom is 0.241 e. The van der Waals surface area contributed by atoms with Gasteiger partial charge in [-0.25, -0.2) is 10.4 Å². The number of hydrogen-bond acceptors (Lipinski definition) is 6. The number of carbonyl (C=O) groups excluding carboxylic acids is 1. The van der Waals surface area contributed by atoms with Gasteiger partial charge in [-0.3, -0.25) is 4.79 Å². The number of hydrazine groups is 1. The molecule has 0 spiro atoms. The largest absolute Gasteiger partial charge is 0.340 e. The van der Waals surface area contributed by atoms with Crippen LogP contribution in [0.3, 0.4) is 0 Å². The van der Waals surface area contributed by atoms with E-state index in [1.807, 2.05) is 23.9 Å². The monoisotopic (exact) mass is 440 g/mol. The van der Waals surface area contributed by atoms with Gasteiger partial charge < -0.3 is 10.2 Å². The Bertz CT molecular complexity index is 694. The number of halogens is 1. The van der Waals surface area contributed by atoms with E-state index in [-0.39, 0.29) is 11.9 Å². The summed E-state index contributed by atoms with van der Waals surface area (Å²) in [7, 11) is 0. The number of thiophene rings is 1. The van der Waals surface area contributed by atoms with Crippen LogP contribution in [0.4, 0.5) is 0 Å². The fourth-order valence-corrected chi connectivity index (χ4v) is 6.67. The summed E-state index contributed by atoms with van der Waals surface area (Å²) < 4.78 is 0.839. The van der Waals surface area contributed by atoms with Crippen molar-refractivity contribution in [2.24, 2.45) is 5.92 Å². The van der Waals surface area contributed by atoms with E-state index in [9.17, 15) is 4.79 Å². The van der Waals surface area contributed by atoms with Crippen molar-refractivity contribution in [2.45, 2.75) is 43.9 Å².